The summed E-state index contributed by atoms with van der Waals surface area (Å²) in [5.74, 6) is 0.677. The third kappa shape index (κ3) is 3.89. The van der Waals surface area contributed by atoms with Gasteiger partial charge in [-0.1, -0.05) is 35.9 Å². The van der Waals surface area contributed by atoms with Gasteiger partial charge in [0.15, 0.2) is 0 Å². The maximum Gasteiger partial charge on any atom is 0.243 e. The van der Waals surface area contributed by atoms with Crippen LogP contribution in [0, 0.1) is 19.8 Å². The molecule has 1 saturated heterocycles. The Bertz CT molecular complexity index is 1030. The number of aryl methyl sites for hydroxylation is 2. The Kier molecular flexibility index (Phi) is 5.36. The maximum atomic E-state index is 13.0. The van der Waals surface area contributed by atoms with Gasteiger partial charge in [-0.25, -0.2) is 8.42 Å². The third-order valence-corrected chi connectivity index (χ3v) is 7.79. The topological polar surface area (TPSA) is 66.9 Å². The molecule has 0 aromatic heterocycles. The van der Waals surface area contributed by atoms with Gasteiger partial charge in [0.2, 0.25) is 15.9 Å². The molecule has 4 rings (SSSR count). The van der Waals surface area contributed by atoms with Gasteiger partial charge in [0.1, 0.15) is 12.4 Å². The molecule has 2 aliphatic rings. The molecule has 0 N–H and O–H groups in total. The van der Waals surface area contributed by atoms with E-state index in [1.54, 1.807) is 11.0 Å². The van der Waals surface area contributed by atoms with Gasteiger partial charge in [0.25, 0.3) is 0 Å². The molecule has 154 valence electrons. The van der Waals surface area contributed by atoms with Gasteiger partial charge in [-0.05, 0) is 43.5 Å². The van der Waals surface area contributed by atoms with Crippen molar-refractivity contribution in [3.05, 3.63) is 59.2 Å². The Morgan fingerprint density at radius 3 is 2.48 bits per heavy atom. The van der Waals surface area contributed by atoms with Gasteiger partial charge < -0.3 is 9.64 Å². The summed E-state index contributed by atoms with van der Waals surface area (Å²) >= 11 is 0. The molecule has 1 fully saturated rings. The molecule has 2 aromatic carbocycles. The minimum Gasteiger partial charge on any atom is -0.492 e. The highest BCUT2D eigenvalue weighted by molar-refractivity contribution is 7.89. The number of fused-ring (bicyclic) bond motifs is 1. The van der Waals surface area contributed by atoms with Crippen LogP contribution in [0.5, 0.6) is 5.75 Å². The van der Waals surface area contributed by atoms with Crippen LogP contribution in [-0.2, 0) is 21.2 Å². The predicted octanol–water partition coefficient (Wildman–Crippen LogP) is 2.39. The lowest BCUT2D eigenvalue weighted by molar-refractivity contribution is -0.138. The van der Waals surface area contributed by atoms with E-state index in [-0.39, 0.29) is 11.8 Å². The largest absolute Gasteiger partial charge is 0.492 e. The second-order valence-electron chi connectivity index (χ2n) is 7.82. The molecule has 7 heteroatoms. The van der Waals surface area contributed by atoms with E-state index in [1.165, 1.54) is 4.31 Å². The van der Waals surface area contributed by atoms with Crippen molar-refractivity contribution in [2.75, 3.05) is 32.8 Å². The summed E-state index contributed by atoms with van der Waals surface area (Å²) in [6.07, 6.45) is 0.663. The quantitative estimate of drug-likeness (QED) is 0.774. The number of carbonyl (C=O) groups is 1. The number of hydrogen-bond donors (Lipinski definition) is 0. The van der Waals surface area contributed by atoms with Crippen molar-refractivity contribution in [1.29, 1.82) is 0 Å². The third-order valence-electron chi connectivity index (χ3n) is 5.73. The van der Waals surface area contributed by atoms with E-state index in [1.807, 2.05) is 50.2 Å². The number of para-hydroxylation sites is 1. The van der Waals surface area contributed by atoms with Crippen LogP contribution in [-0.4, -0.2) is 56.3 Å². The molecule has 0 bridgehead atoms. The summed E-state index contributed by atoms with van der Waals surface area (Å²) in [5, 5.41) is 0. The van der Waals surface area contributed by atoms with Gasteiger partial charge in [-0.15, -0.1) is 0 Å². The van der Waals surface area contributed by atoms with E-state index in [0.717, 1.165) is 22.4 Å². The standard InChI is InChI=1S/C22H26N2O4S/c1-16-7-8-21(17(2)13-16)29(26,27)24-11-9-23(10-12-24)22(25)19-14-18-5-3-4-6-20(18)28-15-19/h3-8,13,19H,9-12,14-15H2,1-2H3/t19-/m0/s1. The molecular weight excluding hydrogens is 388 g/mol. The number of hydrogen-bond acceptors (Lipinski definition) is 4. The molecule has 2 heterocycles. The van der Waals surface area contributed by atoms with E-state index < -0.39 is 10.0 Å². The van der Waals surface area contributed by atoms with Gasteiger partial charge in [-0.2, -0.15) is 4.31 Å². The first kappa shape index (κ1) is 19.9. The summed E-state index contributed by atoms with van der Waals surface area (Å²) in [4.78, 5) is 15.1. The lowest BCUT2D eigenvalue weighted by Gasteiger charge is -2.36. The molecule has 29 heavy (non-hydrogen) atoms. The highest BCUT2D eigenvalue weighted by Crippen LogP contribution is 2.28. The fraction of sp³-hybridized carbons (Fsp3) is 0.409. The minimum atomic E-state index is -3.55. The highest BCUT2D eigenvalue weighted by atomic mass is 32.2. The van der Waals surface area contributed by atoms with Crippen LogP contribution in [0.3, 0.4) is 0 Å². The highest BCUT2D eigenvalue weighted by Gasteiger charge is 2.34. The zero-order chi connectivity index (χ0) is 20.6. The molecule has 2 aromatic rings. The maximum absolute atomic E-state index is 13.0. The van der Waals surface area contributed by atoms with E-state index in [4.69, 9.17) is 4.74 Å². The number of amides is 1. The molecule has 1 atom stereocenters. The number of rotatable bonds is 3. The van der Waals surface area contributed by atoms with Crippen LogP contribution in [0.4, 0.5) is 0 Å². The number of sulfonamides is 1. The van der Waals surface area contributed by atoms with E-state index >= 15 is 0 Å². The Labute approximate surface area is 172 Å². The van der Waals surface area contributed by atoms with Crippen molar-refractivity contribution in [2.24, 2.45) is 5.92 Å². The van der Waals surface area contributed by atoms with Crippen LogP contribution in [0.15, 0.2) is 47.4 Å². The van der Waals surface area contributed by atoms with Gasteiger partial charge in [0, 0.05) is 26.2 Å². The monoisotopic (exact) mass is 414 g/mol. The van der Waals surface area contributed by atoms with E-state index in [2.05, 4.69) is 0 Å². The number of carbonyl (C=O) groups excluding carboxylic acids is 1. The Morgan fingerprint density at radius 2 is 1.76 bits per heavy atom. The summed E-state index contributed by atoms with van der Waals surface area (Å²) in [5.41, 5.74) is 2.84. The molecule has 0 saturated carbocycles. The second-order valence-corrected chi connectivity index (χ2v) is 9.72. The first-order chi connectivity index (χ1) is 13.9. The number of benzene rings is 2. The number of ether oxygens (including phenoxy) is 1. The van der Waals surface area contributed by atoms with Crippen molar-refractivity contribution in [3.8, 4) is 5.75 Å². The zero-order valence-electron chi connectivity index (χ0n) is 16.8. The Balaban J connectivity index is 1.41. The van der Waals surface area contributed by atoms with Gasteiger partial charge in [-0.3, -0.25) is 4.79 Å². The van der Waals surface area contributed by atoms with Crippen molar-refractivity contribution in [2.45, 2.75) is 25.2 Å². The zero-order valence-corrected chi connectivity index (χ0v) is 17.6. The molecule has 2 aliphatic heterocycles. The first-order valence-electron chi connectivity index (χ1n) is 9.93. The molecule has 0 radical (unpaired) electrons. The molecule has 0 spiro atoms. The summed E-state index contributed by atoms with van der Waals surface area (Å²) in [7, 11) is -3.55. The first-order valence-corrected chi connectivity index (χ1v) is 11.4. The lowest BCUT2D eigenvalue weighted by Crippen LogP contribution is -2.53. The van der Waals surface area contributed by atoms with Crippen LogP contribution in [0.1, 0.15) is 16.7 Å². The predicted molar refractivity (Wildman–Crippen MR) is 110 cm³/mol. The second kappa shape index (κ2) is 7.80. The summed E-state index contributed by atoms with van der Waals surface area (Å²) in [6.45, 7) is 5.57. The molecule has 0 aliphatic carbocycles. The van der Waals surface area contributed by atoms with Gasteiger partial charge in [0.05, 0.1) is 10.8 Å². The van der Waals surface area contributed by atoms with Crippen molar-refractivity contribution in [3.63, 3.8) is 0 Å². The fourth-order valence-electron chi connectivity index (χ4n) is 4.12. The smallest absolute Gasteiger partial charge is 0.243 e. The minimum absolute atomic E-state index is 0.0445. The van der Waals surface area contributed by atoms with E-state index in [0.29, 0.717) is 44.1 Å². The van der Waals surface area contributed by atoms with Crippen molar-refractivity contribution >= 4 is 15.9 Å². The Hall–Kier alpha value is -2.38. The molecule has 6 nitrogen and oxygen atoms in total. The lowest BCUT2D eigenvalue weighted by atomic mass is 9.95. The normalized spacial score (nSPS) is 20.1. The van der Waals surface area contributed by atoms with E-state index in [9.17, 15) is 13.2 Å². The van der Waals surface area contributed by atoms with Crippen LogP contribution in [0.2, 0.25) is 0 Å². The molecule has 0 unspecified atom stereocenters. The summed E-state index contributed by atoms with van der Waals surface area (Å²) in [6, 6.07) is 13.2. The number of nitrogens with zero attached hydrogens (tertiary/aromatic N) is 2. The average Bonchev–Trinajstić information content (AvgIpc) is 2.72. The van der Waals surface area contributed by atoms with Crippen molar-refractivity contribution < 1.29 is 17.9 Å². The average molecular weight is 415 g/mol. The van der Waals surface area contributed by atoms with Crippen molar-refractivity contribution in [1.82, 2.24) is 9.21 Å². The SMILES string of the molecule is Cc1ccc(S(=O)(=O)N2CCN(C(=O)[C@@H]3COc4ccccc4C3)CC2)c(C)c1. The summed E-state index contributed by atoms with van der Waals surface area (Å²) < 4.78 is 33.3. The van der Waals surface area contributed by atoms with Gasteiger partial charge >= 0.3 is 0 Å². The van der Waals surface area contributed by atoms with Crippen LogP contribution in [0.25, 0.3) is 0 Å². The molecular formula is C22H26N2O4S. The van der Waals surface area contributed by atoms with Crippen LogP contribution < -0.4 is 4.74 Å². The Morgan fingerprint density at radius 1 is 1.03 bits per heavy atom. The number of piperazine rings is 1. The van der Waals surface area contributed by atoms with Crippen LogP contribution >= 0.6 is 0 Å². The fourth-order valence-corrected chi connectivity index (χ4v) is 5.75. The molecule has 1 amide bonds.